The van der Waals surface area contributed by atoms with Crippen molar-refractivity contribution in [3.63, 3.8) is 0 Å². The van der Waals surface area contributed by atoms with E-state index >= 15 is 0 Å². The Labute approximate surface area is 173 Å². The molecule has 1 atom stereocenters. The SMILES string of the molecule is CC(C)C(NC(c1ccccc1)c1ccccc1)C(=O)N1Cc2ccccc2C1. The molecule has 0 spiro atoms. The first-order chi connectivity index (χ1) is 14.1. The molecule has 0 saturated heterocycles. The van der Waals surface area contributed by atoms with E-state index in [2.05, 4.69) is 79.8 Å². The van der Waals surface area contributed by atoms with Crippen LogP contribution < -0.4 is 5.32 Å². The normalized spacial score (nSPS) is 14.3. The number of carbonyl (C=O) groups excluding carboxylic acids is 1. The van der Waals surface area contributed by atoms with Gasteiger partial charge in [0, 0.05) is 13.1 Å². The third-order valence-corrected chi connectivity index (χ3v) is 5.70. The van der Waals surface area contributed by atoms with Gasteiger partial charge in [0.25, 0.3) is 0 Å². The maximum atomic E-state index is 13.5. The van der Waals surface area contributed by atoms with Gasteiger partial charge in [-0.05, 0) is 28.2 Å². The number of carbonyl (C=O) groups is 1. The summed E-state index contributed by atoms with van der Waals surface area (Å²) in [5.74, 6) is 0.356. The van der Waals surface area contributed by atoms with Gasteiger partial charge in [-0.1, -0.05) is 98.8 Å². The molecule has 3 nitrogen and oxygen atoms in total. The molecular formula is C26H28N2O. The van der Waals surface area contributed by atoms with Crippen molar-refractivity contribution in [3.8, 4) is 0 Å². The largest absolute Gasteiger partial charge is 0.333 e. The minimum Gasteiger partial charge on any atom is -0.333 e. The molecule has 148 valence electrons. The maximum absolute atomic E-state index is 13.5. The molecule has 29 heavy (non-hydrogen) atoms. The zero-order valence-electron chi connectivity index (χ0n) is 17.1. The summed E-state index contributed by atoms with van der Waals surface area (Å²) in [6.07, 6.45) is 0. The van der Waals surface area contributed by atoms with Crippen LogP contribution in [0.5, 0.6) is 0 Å². The van der Waals surface area contributed by atoms with Crippen LogP contribution in [0.3, 0.4) is 0 Å². The second kappa shape index (κ2) is 8.62. The average molecular weight is 385 g/mol. The molecule has 1 N–H and O–H groups in total. The van der Waals surface area contributed by atoms with E-state index in [1.807, 2.05) is 29.2 Å². The van der Waals surface area contributed by atoms with E-state index in [0.717, 1.165) is 0 Å². The summed E-state index contributed by atoms with van der Waals surface area (Å²) in [6, 6.07) is 28.8. The number of nitrogens with one attached hydrogen (secondary N) is 1. The topological polar surface area (TPSA) is 32.3 Å². The van der Waals surface area contributed by atoms with Gasteiger partial charge in [-0.3, -0.25) is 10.1 Å². The van der Waals surface area contributed by atoms with Gasteiger partial charge in [-0.25, -0.2) is 0 Å². The fourth-order valence-corrected chi connectivity index (χ4v) is 4.09. The monoisotopic (exact) mass is 384 g/mol. The zero-order valence-corrected chi connectivity index (χ0v) is 17.1. The Kier molecular flexibility index (Phi) is 5.77. The Morgan fingerprint density at radius 2 is 1.21 bits per heavy atom. The van der Waals surface area contributed by atoms with Crippen LogP contribution >= 0.6 is 0 Å². The van der Waals surface area contributed by atoms with Gasteiger partial charge in [-0.2, -0.15) is 0 Å². The van der Waals surface area contributed by atoms with Crippen molar-refractivity contribution in [2.24, 2.45) is 5.92 Å². The zero-order chi connectivity index (χ0) is 20.2. The molecule has 1 aliphatic heterocycles. The molecule has 0 radical (unpaired) electrons. The van der Waals surface area contributed by atoms with Crippen molar-refractivity contribution < 1.29 is 4.79 Å². The molecule has 3 heteroatoms. The van der Waals surface area contributed by atoms with E-state index in [1.54, 1.807) is 0 Å². The van der Waals surface area contributed by atoms with Gasteiger partial charge in [0.1, 0.15) is 0 Å². The number of hydrogen-bond donors (Lipinski definition) is 1. The van der Waals surface area contributed by atoms with Crippen LogP contribution in [0.2, 0.25) is 0 Å². The van der Waals surface area contributed by atoms with Gasteiger partial charge in [0.15, 0.2) is 0 Å². The molecule has 0 aliphatic carbocycles. The second-order valence-corrected chi connectivity index (χ2v) is 8.11. The predicted octanol–water partition coefficient (Wildman–Crippen LogP) is 4.93. The van der Waals surface area contributed by atoms with Gasteiger partial charge in [-0.15, -0.1) is 0 Å². The van der Waals surface area contributed by atoms with Gasteiger partial charge in [0.05, 0.1) is 12.1 Å². The van der Waals surface area contributed by atoms with Gasteiger partial charge < -0.3 is 4.90 Å². The van der Waals surface area contributed by atoms with E-state index in [0.29, 0.717) is 13.1 Å². The third-order valence-electron chi connectivity index (χ3n) is 5.70. The third kappa shape index (κ3) is 4.25. The number of fused-ring (bicyclic) bond motifs is 1. The quantitative estimate of drug-likeness (QED) is 0.653. The molecule has 0 fully saturated rings. The molecule has 1 aliphatic rings. The van der Waals surface area contributed by atoms with Crippen LogP contribution in [0.25, 0.3) is 0 Å². The van der Waals surface area contributed by atoms with E-state index in [9.17, 15) is 4.79 Å². The highest BCUT2D eigenvalue weighted by atomic mass is 16.2. The van der Waals surface area contributed by atoms with Crippen molar-refractivity contribution in [2.75, 3.05) is 0 Å². The molecule has 0 bridgehead atoms. The molecule has 3 aromatic rings. The number of nitrogens with zero attached hydrogens (tertiary/aromatic N) is 1. The number of amides is 1. The fraction of sp³-hybridized carbons (Fsp3) is 0.269. The van der Waals surface area contributed by atoms with Gasteiger partial charge in [0.2, 0.25) is 5.91 Å². The first-order valence-corrected chi connectivity index (χ1v) is 10.3. The Morgan fingerprint density at radius 3 is 1.66 bits per heavy atom. The minimum atomic E-state index is -0.255. The minimum absolute atomic E-state index is 0.0290. The summed E-state index contributed by atoms with van der Waals surface area (Å²) in [4.78, 5) is 15.5. The molecule has 3 aromatic carbocycles. The lowest BCUT2D eigenvalue weighted by Gasteiger charge is -2.31. The van der Waals surface area contributed by atoms with Crippen LogP contribution in [0.15, 0.2) is 84.9 Å². The lowest BCUT2D eigenvalue weighted by Crippen LogP contribution is -2.49. The molecule has 1 heterocycles. The Bertz CT molecular complexity index is 888. The first-order valence-electron chi connectivity index (χ1n) is 10.3. The highest BCUT2D eigenvalue weighted by molar-refractivity contribution is 5.83. The van der Waals surface area contributed by atoms with Gasteiger partial charge >= 0.3 is 0 Å². The van der Waals surface area contributed by atoms with E-state index in [-0.39, 0.29) is 23.9 Å². The van der Waals surface area contributed by atoms with Crippen molar-refractivity contribution in [1.29, 1.82) is 0 Å². The first kappa shape index (κ1) is 19.4. The molecule has 0 saturated carbocycles. The predicted molar refractivity (Wildman–Crippen MR) is 117 cm³/mol. The lowest BCUT2D eigenvalue weighted by molar-refractivity contribution is -0.135. The smallest absolute Gasteiger partial charge is 0.240 e. The summed E-state index contributed by atoms with van der Waals surface area (Å²) < 4.78 is 0. The van der Waals surface area contributed by atoms with Crippen molar-refractivity contribution in [1.82, 2.24) is 10.2 Å². The van der Waals surface area contributed by atoms with Crippen molar-refractivity contribution in [2.45, 2.75) is 39.0 Å². The Morgan fingerprint density at radius 1 is 0.759 bits per heavy atom. The summed E-state index contributed by atoms with van der Waals surface area (Å²) >= 11 is 0. The Hall–Kier alpha value is -2.91. The Balaban J connectivity index is 1.60. The standard InChI is InChI=1S/C26H28N2O/c1-19(2)24(26(29)28-17-22-15-9-10-16-23(22)18-28)27-25(20-11-5-3-6-12-20)21-13-7-4-8-14-21/h3-16,19,24-25,27H,17-18H2,1-2H3. The number of rotatable bonds is 6. The average Bonchev–Trinajstić information content (AvgIpc) is 3.19. The van der Waals surface area contributed by atoms with Crippen LogP contribution in [0.1, 0.15) is 42.1 Å². The molecule has 4 rings (SSSR count). The summed E-state index contributed by atoms with van der Waals surface area (Å²) in [5.41, 5.74) is 4.85. The van der Waals surface area contributed by atoms with Crippen LogP contribution in [-0.2, 0) is 17.9 Å². The van der Waals surface area contributed by atoms with Crippen molar-refractivity contribution >= 4 is 5.91 Å². The molecular weight excluding hydrogens is 356 g/mol. The highest BCUT2D eigenvalue weighted by Gasteiger charge is 2.32. The summed E-state index contributed by atoms with van der Waals surface area (Å²) in [6.45, 7) is 5.63. The van der Waals surface area contributed by atoms with E-state index in [1.165, 1.54) is 22.3 Å². The number of benzene rings is 3. The van der Waals surface area contributed by atoms with Crippen LogP contribution in [0.4, 0.5) is 0 Å². The van der Waals surface area contributed by atoms with E-state index < -0.39 is 0 Å². The fourth-order valence-electron chi connectivity index (χ4n) is 4.09. The van der Waals surface area contributed by atoms with E-state index in [4.69, 9.17) is 0 Å². The lowest BCUT2D eigenvalue weighted by atomic mass is 9.94. The highest BCUT2D eigenvalue weighted by Crippen LogP contribution is 2.27. The van der Waals surface area contributed by atoms with Crippen molar-refractivity contribution in [3.05, 3.63) is 107 Å². The summed E-state index contributed by atoms with van der Waals surface area (Å²) in [5, 5.41) is 3.70. The molecule has 0 aromatic heterocycles. The van der Waals surface area contributed by atoms with Crippen LogP contribution in [-0.4, -0.2) is 16.8 Å². The van der Waals surface area contributed by atoms with Crippen LogP contribution in [0, 0.1) is 5.92 Å². The number of hydrogen-bond acceptors (Lipinski definition) is 2. The molecule has 1 amide bonds. The maximum Gasteiger partial charge on any atom is 0.240 e. The second-order valence-electron chi connectivity index (χ2n) is 8.11. The summed E-state index contributed by atoms with van der Waals surface area (Å²) in [7, 11) is 0. The molecule has 1 unspecified atom stereocenters.